The van der Waals surface area contributed by atoms with E-state index in [1.165, 1.54) is 0 Å². The van der Waals surface area contributed by atoms with E-state index in [1.54, 1.807) is 0 Å². The van der Waals surface area contributed by atoms with Crippen molar-refractivity contribution in [2.24, 2.45) is 0 Å². The van der Waals surface area contributed by atoms with Crippen molar-refractivity contribution in [3.8, 4) is 5.75 Å². The molecule has 20 heavy (non-hydrogen) atoms. The molecule has 1 saturated heterocycles. The van der Waals surface area contributed by atoms with E-state index in [0.717, 1.165) is 24.4 Å². The average Bonchev–Trinajstić information content (AvgIpc) is 2.47. The second-order valence-corrected chi connectivity index (χ2v) is 4.73. The number of carbonyl (C=O) groups is 1. The van der Waals surface area contributed by atoms with Gasteiger partial charge in [-0.05, 0) is 13.0 Å². The minimum Gasteiger partial charge on any atom is -0.494 e. The number of carboxylic acid groups (broad SMARTS) is 1. The highest BCUT2D eigenvalue weighted by Gasteiger charge is 2.27. The predicted molar refractivity (Wildman–Crippen MR) is 75.0 cm³/mol. The summed E-state index contributed by atoms with van der Waals surface area (Å²) >= 11 is 0. The zero-order chi connectivity index (χ0) is 14.4. The van der Waals surface area contributed by atoms with Gasteiger partial charge in [0.25, 0.3) is 0 Å². The maximum Gasteiger partial charge on any atom is 0.305 e. The number of carboxylic acids is 1. The Morgan fingerprint density at radius 3 is 2.75 bits per heavy atom. The van der Waals surface area contributed by atoms with E-state index in [9.17, 15) is 9.90 Å². The standard InChI is InChI=1S/C15H21NO4/c1-2-20-14-6-4-3-5-12(14)13(11-15(17)18)16-7-9-19-10-8-16/h3-6,13H,2,7-11H2,1H3,(H,17,18). The molecule has 1 N–H and O–H groups in total. The number of rotatable bonds is 6. The molecule has 0 spiro atoms. The number of ether oxygens (including phenoxy) is 2. The molecule has 5 nitrogen and oxygen atoms in total. The molecule has 0 bridgehead atoms. The van der Waals surface area contributed by atoms with Gasteiger partial charge >= 0.3 is 5.97 Å². The molecule has 0 aliphatic carbocycles. The SMILES string of the molecule is CCOc1ccccc1C(CC(=O)O)N1CCOCC1. The Bertz CT molecular complexity index is 443. The Hall–Kier alpha value is -1.59. The summed E-state index contributed by atoms with van der Waals surface area (Å²) < 4.78 is 11.0. The van der Waals surface area contributed by atoms with Crippen LogP contribution in [0.15, 0.2) is 24.3 Å². The van der Waals surface area contributed by atoms with Crippen LogP contribution < -0.4 is 4.74 Å². The van der Waals surface area contributed by atoms with Crippen molar-refractivity contribution < 1.29 is 19.4 Å². The number of hydrogen-bond acceptors (Lipinski definition) is 4. The van der Waals surface area contributed by atoms with Crippen LogP contribution in [0.5, 0.6) is 5.75 Å². The quantitative estimate of drug-likeness (QED) is 0.862. The Kier molecular flexibility index (Phi) is 5.38. The molecule has 1 atom stereocenters. The zero-order valence-corrected chi connectivity index (χ0v) is 11.7. The fourth-order valence-electron chi connectivity index (χ4n) is 2.53. The molecule has 0 amide bonds. The number of para-hydroxylation sites is 1. The van der Waals surface area contributed by atoms with Crippen LogP contribution in [0, 0.1) is 0 Å². The molecule has 1 aliphatic heterocycles. The first-order chi connectivity index (χ1) is 9.72. The van der Waals surface area contributed by atoms with Gasteiger partial charge in [0.15, 0.2) is 0 Å². The Morgan fingerprint density at radius 2 is 2.10 bits per heavy atom. The molecule has 110 valence electrons. The Morgan fingerprint density at radius 1 is 1.40 bits per heavy atom. The summed E-state index contributed by atoms with van der Waals surface area (Å²) in [5, 5.41) is 9.20. The van der Waals surface area contributed by atoms with Gasteiger partial charge in [-0.1, -0.05) is 18.2 Å². The lowest BCUT2D eigenvalue weighted by Crippen LogP contribution is -2.40. The molecule has 2 rings (SSSR count). The van der Waals surface area contributed by atoms with E-state index in [0.29, 0.717) is 19.8 Å². The maximum atomic E-state index is 11.2. The molecule has 0 aromatic heterocycles. The maximum absolute atomic E-state index is 11.2. The summed E-state index contributed by atoms with van der Waals surface area (Å²) in [6, 6.07) is 7.51. The van der Waals surface area contributed by atoms with Gasteiger partial charge < -0.3 is 14.6 Å². The van der Waals surface area contributed by atoms with Gasteiger partial charge in [0.1, 0.15) is 5.75 Å². The molecule has 1 unspecified atom stereocenters. The summed E-state index contributed by atoms with van der Waals surface area (Å²) in [5.74, 6) is -0.0273. The van der Waals surface area contributed by atoms with Gasteiger partial charge in [-0.2, -0.15) is 0 Å². The van der Waals surface area contributed by atoms with E-state index >= 15 is 0 Å². The lowest BCUT2D eigenvalue weighted by atomic mass is 10.0. The van der Waals surface area contributed by atoms with E-state index in [-0.39, 0.29) is 12.5 Å². The molecular weight excluding hydrogens is 258 g/mol. The lowest BCUT2D eigenvalue weighted by Gasteiger charge is -2.34. The normalized spacial score (nSPS) is 17.6. The van der Waals surface area contributed by atoms with Crippen molar-refractivity contribution in [3.05, 3.63) is 29.8 Å². The van der Waals surface area contributed by atoms with E-state index < -0.39 is 5.97 Å². The van der Waals surface area contributed by atoms with Gasteiger partial charge in [-0.15, -0.1) is 0 Å². The van der Waals surface area contributed by atoms with Gasteiger partial charge in [-0.3, -0.25) is 9.69 Å². The van der Waals surface area contributed by atoms with Crippen LogP contribution in [-0.2, 0) is 9.53 Å². The predicted octanol–water partition coefficient (Wildman–Crippen LogP) is 1.93. The molecule has 1 aromatic carbocycles. The van der Waals surface area contributed by atoms with Crippen LogP contribution in [0.3, 0.4) is 0 Å². The molecule has 1 fully saturated rings. The van der Waals surface area contributed by atoms with Crippen LogP contribution in [0.1, 0.15) is 24.9 Å². The van der Waals surface area contributed by atoms with E-state index in [4.69, 9.17) is 9.47 Å². The molecule has 1 heterocycles. The Labute approximate surface area is 119 Å². The zero-order valence-electron chi connectivity index (χ0n) is 11.7. The number of morpholine rings is 1. The Balaban J connectivity index is 2.27. The summed E-state index contributed by atoms with van der Waals surface area (Å²) in [6.45, 7) is 5.29. The number of hydrogen-bond donors (Lipinski definition) is 1. The van der Waals surface area contributed by atoms with Crippen molar-refractivity contribution in [1.29, 1.82) is 0 Å². The fraction of sp³-hybridized carbons (Fsp3) is 0.533. The van der Waals surface area contributed by atoms with Gasteiger partial charge in [0, 0.05) is 24.7 Å². The number of benzene rings is 1. The molecule has 1 aliphatic rings. The highest BCUT2D eigenvalue weighted by molar-refractivity contribution is 5.68. The monoisotopic (exact) mass is 279 g/mol. The molecule has 1 aromatic rings. The first-order valence-corrected chi connectivity index (χ1v) is 6.97. The molecular formula is C15H21NO4. The third-order valence-electron chi connectivity index (χ3n) is 3.43. The van der Waals surface area contributed by atoms with Gasteiger partial charge in [0.05, 0.1) is 26.2 Å². The summed E-state index contributed by atoms with van der Waals surface area (Å²) in [4.78, 5) is 13.4. The largest absolute Gasteiger partial charge is 0.494 e. The summed E-state index contributed by atoms with van der Waals surface area (Å²) in [6.07, 6.45) is 0.0735. The first-order valence-electron chi connectivity index (χ1n) is 6.97. The lowest BCUT2D eigenvalue weighted by molar-refractivity contribution is -0.139. The minimum atomic E-state index is -0.798. The topological polar surface area (TPSA) is 59.0 Å². The minimum absolute atomic E-state index is 0.0735. The second-order valence-electron chi connectivity index (χ2n) is 4.73. The molecule has 5 heteroatoms. The molecule has 0 saturated carbocycles. The summed E-state index contributed by atoms with van der Waals surface area (Å²) in [7, 11) is 0. The first kappa shape index (κ1) is 14.8. The van der Waals surface area contributed by atoms with E-state index in [1.807, 2.05) is 31.2 Å². The number of nitrogens with zero attached hydrogens (tertiary/aromatic N) is 1. The van der Waals surface area contributed by atoms with Gasteiger partial charge in [0.2, 0.25) is 0 Å². The van der Waals surface area contributed by atoms with Crippen LogP contribution in [-0.4, -0.2) is 48.9 Å². The smallest absolute Gasteiger partial charge is 0.305 e. The number of aliphatic carboxylic acids is 1. The third kappa shape index (κ3) is 3.71. The van der Waals surface area contributed by atoms with Crippen LogP contribution >= 0.6 is 0 Å². The van der Waals surface area contributed by atoms with Crippen molar-refractivity contribution in [3.63, 3.8) is 0 Å². The van der Waals surface area contributed by atoms with Crippen molar-refractivity contribution in [2.45, 2.75) is 19.4 Å². The van der Waals surface area contributed by atoms with Crippen LogP contribution in [0.25, 0.3) is 0 Å². The summed E-state index contributed by atoms with van der Waals surface area (Å²) in [5.41, 5.74) is 0.943. The molecule has 0 radical (unpaired) electrons. The van der Waals surface area contributed by atoms with Crippen LogP contribution in [0.2, 0.25) is 0 Å². The van der Waals surface area contributed by atoms with Crippen LogP contribution in [0.4, 0.5) is 0 Å². The highest BCUT2D eigenvalue weighted by atomic mass is 16.5. The van der Waals surface area contributed by atoms with Gasteiger partial charge in [-0.25, -0.2) is 0 Å². The van der Waals surface area contributed by atoms with Crippen molar-refractivity contribution in [2.75, 3.05) is 32.9 Å². The third-order valence-corrected chi connectivity index (χ3v) is 3.43. The van der Waals surface area contributed by atoms with Crippen molar-refractivity contribution >= 4 is 5.97 Å². The second kappa shape index (κ2) is 7.26. The fourth-order valence-corrected chi connectivity index (χ4v) is 2.53. The van der Waals surface area contributed by atoms with Crippen molar-refractivity contribution in [1.82, 2.24) is 4.90 Å². The van der Waals surface area contributed by atoms with E-state index in [2.05, 4.69) is 4.90 Å². The highest BCUT2D eigenvalue weighted by Crippen LogP contribution is 2.32. The average molecular weight is 279 g/mol.